The predicted octanol–water partition coefficient (Wildman–Crippen LogP) is 1.26. The van der Waals surface area contributed by atoms with Crippen molar-refractivity contribution in [1.29, 1.82) is 0 Å². The molecule has 0 radical (unpaired) electrons. The number of hydrogen-bond acceptors (Lipinski definition) is 6. The van der Waals surface area contributed by atoms with Gasteiger partial charge in [-0.3, -0.25) is 0 Å². The molecule has 1 saturated carbocycles. The van der Waals surface area contributed by atoms with E-state index in [1.165, 1.54) is 6.42 Å². The van der Waals surface area contributed by atoms with E-state index in [-0.39, 0.29) is 5.54 Å². The number of rotatable bonds is 3. The average Bonchev–Trinajstić information content (AvgIpc) is 2.75. The third kappa shape index (κ3) is 2.11. The molecule has 0 spiro atoms. The van der Waals surface area contributed by atoms with Gasteiger partial charge in [0.2, 0.25) is 11.7 Å². The molecule has 1 aliphatic rings. The first-order valence-corrected chi connectivity index (χ1v) is 6.06. The van der Waals surface area contributed by atoms with Crippen molar-refractivity contribution in [2.24, 2.45) is 5.73 Å². The summed E-state index contributed by atoms with van der Waals surface area (Å²) in [5.74, 6) is 1.77. The van der Waals surface area contributed by atoms with Gasteiger partial charge in [-0.05, 0) is 32.3 Å². The predicted molar refractivity (Wildman–Crippen MR) is 64.5 cm³/mol. The average molecular weight is 245 g/mol. The molecule has 0 aromatic carbocycles. The van der Waals surface area contributed by atoms with Gasteiger partial charge in [-0.1, -0.05) is 5.16 Å². The summed E-state index contributed by atoms with van der Waals surface area (Å²) in [6, 6.07) is 1.77. The zero-order valence-corrected chi connectivity index (χ0v) is 10.3. The molecule has 0 bridgehead atoms. The van der Waals surface area contributed by atoms with Gasteiger partial charge in [-0.15, -0.1) is 0 Å². The summed E-state index contributed by atoms with van der Waals surface area (Å²) < 4.78 is 5.23. The van der Waals surface area contributed by atoms with Gasteiger partial charge in [0.15, 0.2) is 0 Å². The molecule has 94 valence electrons. The fourth-order valence-electron chi connectivity index (χ4n) is 2.12. The van der Waals surface area contributed by atoms with Crippen LogP contribution >= 0.6 is 0 Å². The van der Waals surface area contributed by atoms with E-state index in [9.17, 15) is 0 Å². The molecule has 1 aliphatic carbocycles. The first kappa shape index (κ1) is 11.3. The van der Waals surface area contributed by atoms with Crippen molar-refractivity contribution in [3.05, 3.63) is 24.0 Å². The Morgan fingerprint density at radius 1 is 1.39 bits per heavy atom. The van der Waals surface area contributed by atoms with E-state index >= 15 is 0 Å². The standard InChI is InChI=1S/C12H15N5O/c1-8-14-6-3-9(15-8)11-16-10(18-17-11)7-12(13)4-2-5-12/h3,6H,2,4-5,7,13H2,1H3. The lowest BCUT2D eigenvalue weighted by molar-refractivity contribution is 0.222. The van der Waals surface area contributed by atoms with E-state index < -0.39 is 0 Å². The number of nitrogens with zero attached hydrogens (tertiary/aromatic N) is 4. The Kier molecular flexibility index (Phi) is 2.59. The summed E-state index contributed by atoms with van der Waals surface area (Å²) in [4.78, 5) is 12.6. The minimum Gasteiger partial charge on any atom is -0.339 e. The molecule has 2 heterocycles. The zero-order valence-electron chi connectivity index (χ0n) is 10.3. The molecule has 6 heteroatoms. The van der Waals surface area contributed by atoms with Gasteiger partial charge in [-0.2, -0.15) is 4.98 Å². The Hall–Kier alpha value is -1.82. The molecule has 1 fully saturated rings. The van der Waals surface area contributed by atoms with Crippen LogP contribution in [-0.4, -0.2) is 25.6 Å². The summed E-state index contributed by atoms with van der Waals surface area (Å²) in [5, 5.41) is 3.94. The van der Waals surface area contributed by atoms with Crippen LogP contribution in [-0.2, 0) is 6.42 Å². The van der Waals surface area contributed by atoms with Gasteiger partial charge in [0.05, 0.1) is 0 Å². The smallest absolute Gasteiger partial charge is 0.228 e. The maximum Gasteiger partial charge on any atom is 0.228 e. The van der Waals surface area contributed by atoms with Gasteiger partial charge in [-0.25, -0.2) is 9.97 Å². The summed E-state index contributed by atoms with van der Waals surface area (Å²) in [5.41, 5.74) is 6.68. The molecular weight excluding hydrogens is 230 g/mol. The summed E-state index contributed by atoms with van der Waals surface area (Å²) >= 11 is 0. The maximum absolute atomic E-state index is 6.15. The Morgan fingerprint density at radius 2 is 2.22 bits per heavy atom. The van der Waals surface area contributed by atoms with Crippen molar-refractivity contribution in [3.63, 3.8) is 0 Å². The van der Waals surface area contributed by atoms with E-state index in [1.807, 2.05) is 6.92 Å². The highest BCUT2D eigenvalue weighted by Gasteiger charge is 2.34. The van der Waals surface area contributed by atoms with Crippen molar-refractivity contribution >= 4 is 0 Å². The van der Waals surface area contributed by atoms with Gasteiger partial charge in [0.1, 0.15) is 11.5 Å². The summed E-state index contributed by atoms with van der Waals surface area (Å²) in [6.07, 6.45) is 5.56. The summed E-state index contributed by atoms with van der Waals surface area (Å²) in [7, 11) is 0. The minimum atomic E-state index is -0.147. The lowest BCUT2D eigenvalue weighted by atomic mass is 9.75. The SMILES string of the molecule is Cc1nccc(-c2noc(CC3(N)CCC3)n2)n1. The molecule has 0 aliphatic heterocycles. The Balaban J connectivity index is 1.81. The van der Waals surface area contributed by atoms with E-state index in [4.69, 9.17) is 10.3 Å². The monoisotopic (exact) mass is 245 g/mol. The molecule has 0 saturated heterocycles. The molecule has 3 rings (SSSR count). The molecular formula is C12H15N5O. The minimum absolute atomic E-state index is 0.147. The van der Waals surface area contributed by atoms with E-state index in [0.29, 0.717) is 29.7 Å². The highest BCUT2D eigenvalue weighted by atomic mass is 16.5. The number of hydrogen-bond donors (Lipinski definition) is 1. The van der Waals surface area contributed by atoms with Crippen LogP contribution in [0.1, 0.15) is 31.0 Å². The molecule has 6 nitrogen and oxygen atoms in total. The fraction of sp³-hybridized carbons (Fsp3) is 0.500. The van der Waals surface area contributed by atoms with Crippen molar-refractivity contribution in [1.82, 2.24) is 20.1 Å². The topological polar surface area (TPSA) is 90.7 Å². The summed E-state index contributed by atoms with van der Waals surface area (Å²) in [6.45, 7) is 1.83. The number of aromatic nitrogens is 4. The fourth-order valence-corrected chi connectivity index (χ4v) is 2.12. The zero-order chi connectivity index (χ0) is 12.6. The van der Waals surface area contributed by atoms with Crippen molar-refractivity contribution in [2.75, 3.05) is 0 Å². The van der Waals surface area contributed by atoms with E-state index in [1.54, 1.807) is 12.3 Å². The van der Waals surface area contributed by atoms with Gasteiger partial charge < -0.3 is 10.3 Å². The number of nitrogens with two attached hydrogens (primary N) is 1. The van der Waals surface area contributed by atoms with Gasteiger partial charge in [0, 0.05) is 18.2 Å². The van der Waals surface area contributed by atoms with Crippen LogP contribution in [0.15, 0.2) is 16.8 Å². The van der Waals surface area contributed by atoms with Crippen LogP contribution in [0, 0.1) is 6.92 Å². The van der Waals surface area contributed by atoms with Crippen LogP contribution in [0.5, 0.6) is 0 Å². The molecule has 2 N–H and O–H groups in total. The van der Waals surface area contributed by atoms with Crippen LogP contribution in [0.3, 0.4) is 0 Å². The largest absolute Gasteiger partial charge is 0.339 e. The van der Waals surface area contributed by atoms with Crippen LogP contribution in [0.4, 0.5) is 0 Å². The molecule has 2 aromatic rings. The second-order valence-corrected chi connectivity index (χ2v) is 4.89. The lowest BCUT2D eigenvalue weighted by Gasteiger charge is -2.36. The Morgan fingerprint density at radius 3 is 2.89 bits per heavy atom. The van der Waals surface area contributed by atoms with Crippen LogP contribution < -0.4 is 5.73 Å². The second-order valence-electron chi connectivity index (χ2n) is 4.89. The highest BCUT2D eigenvalue weighted by Crippen LogP contribution is 2.32. The normalized spacial score (nSPS) is 17.4. The first-order valence-electron chi connectivity index (χ1n) is 6.06. The Bertz CT molecular complexity index is 561. The van der Waals surface area contributed by atoms with Crippen LogP contribution in [0.2, 0.25) is 0 Å². The van der Waals surface area contributed by atoms with Crippen LogP contribution in [0.25, 0.3) is 11.5 Å². The highest BCUT2D eigenvalue weighted by molar-refractivity contribution is 5.46. The van der Waals surface area contributed by atoms with Crippen molar-refractivity contribution in [3.8, 4) is 11.5 Å². The maximum atomic E-state index is 6.15. The molecule has 2 aromatic heterocycles. The molecule has 18 heavy (non-hydrogen) atoms. The van der Waals surface area contributed by atoms with Crippen molar-refractivity contribution < 1.29 is 4.52 Å². The number of aryl methyl sites for hydroxylation is 1. The van der Waals surface area contributed by atoms with Gasteiger partial charge >= 0.3 is 0 Å². The molecule has 0 unspecified atom stereocenters. The third-order valence-corrected chi connectivity index (χ3v) is 3.33. The van der Waals surface area contributed by atoms with E-state index in [0.717, 1.165) is 12.8 Å². The first-order chi connectivity index (χ1) is 8.65. The second kappa shape index (κ2) is 4.13. The quantitative estimate of drug-likeness (QED) is 0.875. The lowest BCUT2D eigenvalue weighted by Crippen LogP contribution is -2.48. The third-order valence-electron chi connectivity index (χ3n) is 3.33. The van der Waals surface area contributed by atoms with Gasteiger partial charge in [0.25, 0.3) is 0 Å². The molecule has 0 atom stereocenters. The Labute approximate surface area is 105 Å². The molecule has 0 amide bonds. The van der Waals surface area contributed by atoms with E-state index in [2.05, 4.69) is 20.1 Å². The van der Waals surface area contributed by atoms with Crippen molar-refractivity contribution in [2.45, 2.75) is 38.1 Å².